The van der Waals surface area contributed by atoms with E-state index in [4.69, 9.17) is 9.47 Å². The lowest BCUT2D eigenvalue weighted by Crippen LogP contribution is -2.01. The number of aryl methyl sites for hydroxylation is 1. The van der Waals surface area contributed by atoms with Gasteiger partial charge in [0.1, 0.15) is 17.3 Å². The molecule has 0 atom stereocenters. The lowest BCUT2D eigenvalue weighted by molar-refractivity contribution is 0.104. The van der Waals surface area contributed by atoms with Gasteiger partial charge in [0.05, 0.1) is 19.8 Å². The molecule has 120 valence electrons. The molecule has 4 nitrogen and oxygen atoms in total. The number of rotatable bonds is 6. The van der Waals surface area contributed by atoms with Crippen LogP contribution in [0.15, 0.2) is 48.7 Å². The molecular formula is C18H18FNO3. The fourth-order valence-electron chi connectivity index (χ4n) is 1.99. The largest absolute Gasteiger partial charge is 0.497 e. The van der Waals surface area contributed by atoms with Gasteiger partial charge in [-0.25, -0.2) is 4.39 Å². The summed E-state index contributed by atoms with van der Waals surface area (Å²) in [5, 5.41) is 2.87. The summed E-state index contributed by atoms with van der Waals surface area (Å²) in [5.74, 6) is 0.475. The Hall–Kier alpha value is -2.82. The summed E-state index contributed by atoms with van der Waals surface area (Å²) in [6.45, 7) is 1.69. The van der Waals surface area contributed by atoms with E-state index in [9.17, 15) is 9.18 Å². The third-order valence-electron chi connectivity index (χ3n) is 3.33. The highest BCUT2D eigenvalue weighted by Crippen LogP contribution is 2.24. The van der Waals surface area contributed by atoms with Crippen molar-refractivity contribution >= 4 is 11.5 Å². The maximum Gasteiger partial charge on any atom is 0.191 e. The first kappa shape index (κ1) is 16.5. The summed E-state index contributed by atoms with van der Waals surface area (Å²) in [7, 11) is 3.02. The molecule has 0 spiro atoms. The smallest absolute Gasteiger partial charge is 0.191 e. The van der Waals surface area contributed by atoms with Crippen LogP contribution in [-0.2, 0) is 0 Å². The van der Waals surface area contributed by atoms with Crippen molar-refractivity contribution in [1.82, 2.24) is 0 Å². The van der Waals surface area contributed by atoms with Gasteiger partial charge in [0, 0.05) is 18.0 Å². The fourth-order valence-corrected chi connectivity index (χ4v) is 1.99. The number of nitrogens with one attached hydrogen (secondary N) is 1. The molecule has 0 saturated carbocycles. The molecular weight excluding hydrogens is 297 g/mol. The van der Waals surface area contributed by atoms with Crippen molar-refractivity contribution in [2.24, 2.45) is 0 Å². The zero-order valence-electron chi connectivity index (χ0n) is 13.2. The predicted octanol–water partition coefficient (Wildman–Crippen LogP) is 3.96. The van der Waals surface area contributed by atoms with Crippen molar-refractivity contribution in [2.75, 3.05) is 19.5 Å². The van der Waals surface area contributed by atoms with E-state index >= 15 is 0 Å². The monoisotopic (exact) mass is 315 g/mol. The SMILES string of the molecule is COc1ccc(OC)c(C(=O)C=CNc2ccc(C)c(F)c2)c1. The third kappa shape index (κ3) is 4.10. The topological polar surface area (TPSA) is 47.6 Å². The molecule has 0 fully saturated rings. The summed E-state index contributed by atoms with van der Waals surface area (Å²) < 4.78 is 23.7. The summed E-state index contributed by atoms with van der Waals surface area (Å²) in [6.07, 6.45) is 2.82. The number of halogens is 1. The van der Waals surface area contributed by atoms with Crippen LogP contribution >= 0.6 is 0 Å². The van der Waals surface area contributed by atoms with Crippen LogP contribution in [0.5, 0.6) is 11.5 Å². The summed E-state index contributed by atoms with van der Waals surface area (Å²) in [6, 6.07) is 9.76. The minimum atomic E-state index is -0.302. The number of hydrogen-bond donors (Lipinski definition) is 1. The first-order chi connectivity index (χ1) is 11.0. The molecule has 5 heteroatoms. The first-order valence-corrected chi connectivity index (χ1v) is 7.00. The van der Waals surface area contributed by atoms with Gasteiger partial charge in [-0.1, -0.05) is 6.07 Å². The van der Waals surface area contributed by atoms with Crippen molar-refractivity contribution < 1.29 is 18.7 Å². The summed E-state index contributed by atoms with van der Waals surface area (Å²) >= 11 is 0. The molecule has 0 amide bonds. The minimum absolute atomic E-state index is 0.249. The Kier molecular flexibility index (Phi) is 5.36. The number of allylic oxidation sites excluding steroid dienone is 1. The standard InChI is InChI=1S/C18H18FNO3/c1-12-4-5-13(10-16(12)19)20-9-8-17(21)15-11-14(22-2)6-7-18(15)23-3/h4-11,20H,1-3H3. The Labute approximate surface area is 134 Å². The minimum Gasteiger partial charge on any atom is -0.497 e. The maximum atomic E-state index is 13.5. The van der Waals surface area contributed by atoms with Gasteiger partial charge in [-0.05, 0) is 42.8 Å². The molecule has 0 unspecified atom stereocenters. The highest BCUT2D eigenvalue weighted by molar-refractivity contribution is 6.06. The molecule has 1 N–H and O–H groups in total. The van der Waals surface area contributed by atoms with Crippen LogP contribution in [0.25, 0.3) is 0 Å². The molecule has 0 aliphatic heterocycles. The molecule has 0 saturated heterocycles. The molecule has 0 heterocycles. The van der Waals surface area contributed by atoms with Crippen LogP contribution in [-0.4, -0.2) is 20.0 Å². The molecule has 0 bridgehead atoms. The Balaban J connectivity index is 2.13. The first-order valence-electron chi connectivity index (χ1n) is 7.00. The van der Waals surface area contributed by atoms with Gasteiger partial charge in [0.2, 0.25) is 0 Å². The van der Waals surface area contributed by atoms with E-state index in [1.807, 2.05) is 0 Å². The average molecular weight is 315 g/mol. The highest BCUT2D eigenvalue weighted by Gasteiger charge is 2.11. The van der Waals surface area contributed by atoms with Crippen LogP contribution in [0.4, 0.5) is 10.1 Å². The molecule has 0 aromatic heterocycles. The number of carbonyl (C=O) groups excluding carboxylic acids is 1. The van der Waals surface area contributed by atoms with Crippen LogP contribution in [0.1, 0.15) is 15.9 Å². The number of methoxy groups -OCH3 is 2. The Morgan fingerprint density at radius 2 is 1.91 bits per heavy atom. The van der Waals surface area contributed by atoms with E-state index in [1.54, 1.807) is 37.3 Å². The van der Waals surface area contributed by atoms with Crippen molar-refractivity contribution in [3.8, 4) is 11.5 Å². The number of hydrogen-bond acceptors (Lipinski definition) is 4. The van der Waals surface area contributed by atoms with Gasteiger partial charge in [0.25, 0.3) is 0 Å². The number of benzene rings is 2. The molecule has 2 aromatic carbocycles. The normalized spacial score (nSPS) is 10.6. The van der Waals surface area contributed by atoms with Crippen molar-refractivity contribution in [2.45, 2.75) is 6.92 Å². The number of carbonyl (C=O) groups is 1. The number of ether oxygens (including phenoxy) is 2. The van der Waals surface area contributed by atoms with Crippen LogP contribution in [0, 0.1) is 12.7 Å². The number of anilines is 1. The van der Waals surface area contributed by atoms with Crippen molar-refractivity contribution in [1.29, 1.82) is 0 Å². The summed E-state index contributed by atoms with van der Waals surface area (Å²) in [4.78, 5) is 12.3. The molecule has 0 aliphatic carbocycles. The molecule has 0 aliphatic rings. The Morgan fingerprint density at radius 3 is 2.57 bits per heavy atom. The van der Waals surface area contributed by atoms with Crippen molar-refractivity contribution in [3.63, 3.8) is 0 Å². The fraction of sp³-hybridized carbons (Fsp3) is 0.167. The van der Waals surface area contributed by atoms with Crippen LogP contribution < -0.4 is 14.8 Å². The van der Waals surface area contributed by atoms with E-state index in [2.05, 4.69) is 5.32 Å². The third-order valence-corrected chi connectivity index (χ3v) is 3.33. The zero-order chi connectivity index (χ0) is 16.8. The lowest BCUT2D eigenvalue weighted by atomic mass is 10.1. The van der Waals surface area contributed by atoms with E-state index in [0.717, 1.165) is 0 Å². The zero-order valence-corrected chi connectivity index (χ0v) is 13.2. The predicted molar refractivity (Wildman–Crippen MR) is 87.8 cm³/mol. The second-order valence-electron chi connectivity index (χ2n) is 4.87. The van der Waals surface area contributed by atoms with Crippen LogP contribution in [0.2, 0.25) is 0 Å². The van der Waals surface area contributed by atoms with Gasteiger partial charge in [-0.15, -0.1) is 0 Å². The van der Waals surface area contributed by atoms with E-state index in [-0.39, 0.29) is 11.6 Å². The van der Waals surface area contributed by atoms with Gasteiger partial charge >= 0.3 is 0 Å². The van der Waals surface area contributed by atoms with Gasteiger partial charge in [0.15, 0.2) is 5.78 Å². The highest BCUT2D eigenvalue weighted by atomic mass is 19.1. The lowest BCUT2D eigenvalue weighted by Gasteiger charge is -2.08. The quantitative estimate of drug-likeness (QED) is 0.647. The second-order valence-corrected chi connectivity index (χ2v) is 4.87. The van der Waals surface area contributed by atoms with E-state index < -0.39 is 0 Å². The van der Waals surface area contributed by atoms with Gasteiger partial charge < -0.3 is 14.8 Å². The Bertz CT molecular complexity index is 741. The number of ketones is 1. The molecule has 2 rings (SSSR count). The van der Waals surface area contributed by atoms with Gasteiger partial charge in [-0.3, -0.25) is 4.79 Å². The average Bonchev–Trinajstić information content (AvgIpc) is 2.57. The Morgan fingerprint density at radius 1 is 1.13 bits per heavy atom. The molecule has 2 aromatic rings. The van der Waals surface area contributed by atoms with E-state index in [0.29, 0.717) is 28.3 Å². The summed E-state index contributed by atoms with van der Waals surface area (Å²) in [5.41, 5.74) is 1.52. The molecule has 23 heavy (non-hydrogen) atoms. The second kappa shape index (κ2) is 7.45. The maximum absolute atomic E-state index is 13.5. The van der Waals surface area contributed by atoms with Crippen LogP contribution in [0.3, 0.4) is 0 Å². The van der Waals surface area contributed by atoms with Crippen molar-refractivity contribution in [3.05, 3.63) is 65.6 Å². The van der Waals surface area contributed by atoms with Gasteiger partial charge in [-0.2, -0.15) is 0 Å². The van der Waals surface area contributed by atoms with E-state index in [1.165, 1.54) is 32.6 Å². The molecule has 0 radical (unpaired) electrons.